The minimum absolute atomic E-state index is 0.421. The summed E-state index contributed by atoms with van der Waals surface area (Å²) in [4.78, 5) is 2.33. The molecule has 0 saturated carbocycles. The molecule has 0 spiro atoms. The maximum atomic E-state index is 10.2. The van der Waals surface area contributed by atoms with Crippen LogP contribution in [0.3, 0.4) is 0 Å². The van der Waals surface area contributed by atoms with Gasteiger partial charge in [-0.05, 0) is 31.9 Å². The summed E-state index contributed by atoms with van der Waals surface area (Å²) in [7, 11) is 3.36. The Morgan fingerprint density at radius 2 is 1.86 bits per heavy atom. The highest BCUT2D eigenvalue weighted by atomic mass is 16.5. The molecule has 0 fully saturated rings. The second kappa shape index (κ2) is 8.90. The highest BCUT2D eigenvalue weighted by molar-refractivity contribution is 5.61. The highest BCUT2D eigenvalue weighted by Gasteiger charge is 2.22. The molecule has 4 nitrogen and oxygen atoms in total. The van der Waals surface area contributed by atoms with Crippen molar-refractivity contribution in [2.24, 2.45) is 0 Å². The molecule has 0 bridgehead atoms. The van der Waals surface area contributed by atoms with Crippen molar-refractivity contribution in [1.82, 2.24) is 0 Å². The minimum Gasteiger partial charge on any atom is -0.496 e. The van der Waals surface area contributed by atoms with Gasteiger partial charge in [-0.15, -0.1) is 0 Å². The zero-order valence-corrected chi connectivity index (χ0v) is 13.9. The predicted molar refractivity (Wildman–Crippen MR) is 87.2 cm³/mol. The summed E-state index contributed by atoms with van der Waals surface area (Å²) in [6, 6.07) is 6.35. The SMILES string of the molecule is CCC(CC)N(CCOC)c1cccc(OC)c1C(C)O. The molecule has 0 aliphatic carbocycles. The van der Waals surface area contributed by atoms with Gasteiger partial charge in [-0.2, -0.15) is 0 Å². The van der Waals surface area contributed by atoms with E-state index in [2.05, 4.69) is 24.8 Å². The van der Waals surface area contributed by atoms with E-state index in [1.807, 2.05) is 12.1 Å². The lowest BCUT2D eigenvalue weighted by molar-refractivity contribution is 0.192. The zero-order valence-electron chi connectivity index (χ0n) is 13.9. The predicted octanol–water partition coefficient (Wildman–Crippen LogP) is 3.39. The fraction of sp³-hybridized carbons (Fsp3) is 0.647. The van der Waals surface area contributed by atoms with Crippen molar-refractivity contribution in [3.05, 3.63) is 23.8 Å². The number of benzene rings is 1. The Labute approximate surface area is 128 Å². The first-order valence-corrected chi connectivity index (χ1v) is 7.71. The molecule has 4 heteroatoms. The van der Waals surface area contributed by atoms with Crippen molar-refractivity contribution in [3.63, 3.8) is 0 Å². The van der Waals surface area contributed by atoms with Crippen LogP contribution in [0, 0.1) is 0 Å². The first kappa shape index (κ1) is 17.8. The van der Waals surface area contributed by atoms with Crippen LogP contribution in [0.2, 0.25) is 0 Å². The van der Waals surface area contributed by atoms with Crippen molar-refractivity contribution >= 4 is 5.69 Å². The fourth-order valence-electron chi connectivity index (χ4n) is 2.80. The molecule has 0 saturated heterocycles. The Bertz CT molecular complexity index is 416. The Morgan fingerprint density at radius 3 is 2.33 bits per heavy atom. The number of aliphatic hydroxyl groups is 1. The van der Waals surface area contributed by atoms with Gasteiger partial charge >= 0.3 is 0 Å². The molecule has 0 aliphatic rings. The summed E-state index contributed by atoms with van der Waals surface area (Å²) in [6.07, 6.45) is 1.53. The van der Waals surface area contributed by atoms with Gasteiger partial charge in [-0.1, -0.05) is 19.9 Å². The van der Waals surface area contributed by atoms with Crippen LogP contribution in [0.5, 0.6) is 5.75 Å². The van der Waals surface area contributed by atoms with Gasteiger partial charge in [0.1, 0.15) is 5.75 Å². The van der Waals surface area contributed by atoms with E-state index in [-0.39, 0.29) is 0 Å². The summed E-state index contributed by atoms with van der Waals surface area (Å²) < 4.78 is 10.7. The second-order valence-electron chi connectivity index (χ2n) is 5.23. The molecule has 21 heavy (non-hydrogen) atoms. The first-order chi connectivity index (χ1) is 10.1. The van der Waals surface area contributed by atoms with Gasteiger partial charge < -0.3 is 19.5 Å². The molecular weight excluding hydrogens is 266 g/mol. The Hall–Kier alpha value is -1.26. The normalized spacial score (nSPS) is 12.5. The highest BCUT2D eigenvalue weighted by Crippen LogP contribution is 2.36. The molecule has 1 atom stereocenters. The van der Waals surface area contributed by atoms with Crippen LogP contribution in [0.1, 0.15) is 45.3 Å². The summed E-state index contributed by atoms with van der Waals surface area (Å²) in [6.45, 7) is 7.62. The Morgan fingerprint density at radius 1 is 1.19 bits per heavy atom. The van der Waals surface area contributed by atoms with E-state index >= 15 is 0 Å². The maximum absolute atomic E-state index is 10.2. The molecular formula is C17H29NO3. The monoisotopic (exact) mass is 295 g/mol. The van der Waals surface area contributed by atoms with E-state index in [1.165, 1.54) is 0 Å². The van der Waals surface area contributed by atoms with E-state index < -0.39 is 6.10 Å². The van der Waals surface area contributed by atoms with Crippen LogP contribution in [-0.4, -0.2) is 38.5 Å². The quantitative estimate of drug-likeness (QED) is 0.758. The van der Waals surface area contributed by atoms with E-state index in [0.717, 1.165) is 36.4 Å². The number of anilines is 1. The lowest BCUT2D eigenvalue weighted by atomic mass is 10.0. The van der Waals surface area contributed by atoms with Crippen LogP contribution in [0.25, 0.3) is 0 Å². The smallest absolute Gasteiger partial charge is 0.126 e. The van der Waals surface area contributed by atoms with Gasteiger partial charge in [-0.3, -0.25) is 0 Å². The van der Waals surface area contributed by atoms with Gasteiger partial charge in [0.25, 0.3) is 0 Å². The molecule has 1 N–H and O–H groups in total. The lowest BCUT2D eigenvalue weighted by Crippen LogP contribution is -2.38. The third-order valence-corrected chi connectivity index (χ3v) is 3.91. The van der Waals surface area contributed by atoms with Crippen LogP contribution in [-0.2, 0) is 4.74 Å². The van der Waals surface area contributed by atoms with Crippen molar-refractivity contribution in [2.75, 3.05) is 32.3 Å². The lowest BCUT2D eigenvalue weighted by Gasteiger charge is -2.35. The molecule has 1 unspecified atom stereocenters. The van der Waals surface area contributed by atoms with Gasteiger partial charge in [0.2, 0.25) is 0 Å². The largest absolute Gasteiger partial charge is 0.496 e. The van der Waals surface area contributed by atoms with Crippen LogP contribution in [0.4, 0.5) is 5.69 Å². The molecule has 1 aromatic carbocycles. The van der Waals surface area contributed by atoms with Crippen molar-refractivity contribution in [1.29, 1.82) is 0 Å². The first-order valence-electron chi connectivity index (χ1n) is 7.71. The number of methoxy groups -OCH3 is 2. The Kier molecular flexibility index (Phi) is 7.54. The van der Waals surface area contributed by atoms with E-state index in [1.54, 1.807) is 21.1 Å². The molecule has 0 amide bonds. The second-order valence-corrected chi connectivity index (χ2v) is 5.23. The van der Waals surface area contributed by atoms with Gasteiger partial charge in [0, 0.05) is 30.9 Å². The minimum atomic E-state index is -0.574. The van der Waals surface area contributed by atoms with E-state index in [4.69, 9.17) is 9.47 Å². The number of hydrogen-bond donors (Lipinski definition) is 1. The number of nitrogens with zero attached hydrogens (tertiary/aromatic N) is 1. The number of hydrogen-bond acceptors (Lipinski definition) is 4. The summed E-state index contributed by atoms with van der Waals surface area (Å²) in [5.74, 6) is 0.732. The van der Waals surface area contributed by atoms with Crippen LogP contribution < -0.4 is 9.64 Å². The van der Waals surface area contributed by atoms with Crippen LogP contribution >= 0.6 is 0 Å². The molecule has 1 rings (SSSR count). The van der Waals surface area contributed by atoms with E-state index in [9.17, 15) is 5.11 Å². The summed E-state index contributed by atoms with van der Waals surface area (Å²) in [5, 5.41) is 10.2. The van der Waals surface area contributed by atoms with Crippen molar-refractivity contribution in [2.45, 2.75) is 45.8 Å². The molecule has 0 aromatic heterocycles. The number of rotatable bonds is 9. The summed E-state index contributed by atoms with van der Waals surface area (Å²) in [5.41, 5.74) is 1.89. The van der Waals surface area contributed by atoms with Crippen molar-refractivity contribution in [3.8, 4) is 5.75 Å². The third kappa shape index (κ3) is 4.35. The Balaban J connectivity index is 3.28. The van der Waals surface area contributed by atoms with Gasteiger partial charge in [-0.25, -0.2) is 0 Å². The summed E-state index contributed by atoms with van der Waals surface area (Å²) >= 11 is 0. The maximum Gasteiger partial charge on any atom is 0.126 e. The van der Waals surface area contributed by atoms with Gasteiger partial charge in [0.15, 0.2) is 0 Å². The standard InChI is InChI=1S/C17H29NO3/c1-6-14(7-2)18(11-12-20-4)15-9-8-10-16(21-5)17(15)13(3)19/h8-10,13-14,19H,6-7,11-12H2,1-5H3. The molecule has 1 aromatic rings. The average Bonchev–Trinajstić information content (AvgIpc) is 2.50. The molecule has 120 valence electrons. The van der Waals surface area contributed by atoms with Crippen LogP contribution in [0.15, 0.2) is 18.2 Å². The van der Waals surface area contributed by atoms with Gasteiger partial charge in [0.05, 0.1) is 19.8 Å². The third-order valence-electron chi connectivity index (χ3n) is 3.91. The molecule has 0 radical (unpaired) electrons. The van der Waals surface area contributed by atoms with Crippen molar-refractivity contribution < 1.29 is 14.6 Å². The fourth-order valence-corrected chi connectivity index (χ4v) is 2.80. The molecule has 0 aliphatic heterocycles. The number of aliphatic hydroxyl groups excluding tert-OH is 1. The average molecular weight is 295 g/mol. The molecule has 0 heterocycles. The zero-order chi connectivity index (χ0) is 15.8. The number of ether oxygens (including phenoxy) is 2. The van der Waals surface area contributed by atoms with E-state index in [0.29, 0.717) is 12.6 Å². The topological polar surface area (TPSA) is 41.9 Å².